The first-order valence-corrected chi connectivity index (χ1v) is 10.1. The minimum atomic E-state index is -5.14. The van der Waals surface area contributed by atoms with E-state index in [0.717, 1.165) is 43.2 Å². The second-order valence-electron chi connectivity index (χ2n) is 8.00. The number of aliphatic hydroxyl groups excluding tert-OH is 1. The molecule has 0 amide bonds. The SMILES string of the molecule is CCCC1CCC(C2(OC(F)(F)F)C=CC(c3cccc(F)c3F)=C(O)C2F)CC1. The van der Waals surface area contributed by atoms with Crippen LogP contribution in [0.15, 0.2) is 36.1 Å². The second kappa shape index (κ2) is 8.65. The van der Waals surface area contributed by atoms with Gasteiger partial charge in [0.2, 0.25) is 0 Å². The molecule has 3 rings (SSSR count). The molecular formula is C22H24F6O2. The lowest BCUT2D eigenvalue weighted by Gasteiger charge is -2.45. The molecule has 1 fully saturated rings. The van der Waals surface area contributed by atoms with E-state index in [0.29, 0.717) is 31.6 Å². The molecule has 2 atom stereocenters. The lowest BCUT2D eigenvalue weighted by atomic mass is 9.68. The van der Waals surface area contributed by atoms with Crippen LogP contribution in [-0.2, 0) is 4.74 Å². The average Bonchev–Trinajstić information content (AvgIpc) is 2.68. The van der Waals surface area contributed by atoms with E-state index in [2.05, 4.69) is 4.74 Å². The summed E-state index contributed by atoms with van der Waals surface area (Å²) >= 11 is 0. The third-order valence-electron chi connectivity index (χ3n) is 6.14. The molecule has 2 nitrogen and oxygen atoms in total. The summed E-state index contributed by atoms with van der Waals surface area (Å²) in [6.45, 7) is 2.03. The zero-order chi connectivity index (χ0) is 22.1. The molecule has 1 aromatic rings. The second-order valence-corrected chi connectivity index (χ2v) is 8.00. The predicted molar refractivity (Wildman–Crippen MR) is 100 cm³/mol. The van der Waals surface area contributed by atoms with Crippen molar-refractivity contribution in [3.63, 3.8) is 0 Å². The third kappa shape index (κ3) is 4.38. The van der Waals surface area contributed by atoms with Gasteiger partial charge in [-0.05, 0) is 36.8 Å². The summed E-state index contributed by atoms with van der Waals surface area (Å²) in [5, 5.41) is 10.4. The monoisotopic (exact) mass is 434 g/mol. The number of rotatable bonds is 5. The van der Waals surface area contributed by atoms with Crippen molar-refractivity contribution in [2.24, 2.45) is 11.8 Å². The van der Waals surface area contributed by atoms with E-state index in [1.54, 1.807) is 0 Å². The number of benzene rings is 1. The van der Waals surface area contributed by atoms with E-state index in [1.807, 2.05) is 6.92 Å². The Balaban J connectivity index is 1.97. The molecule has 166 valence electrons. The Labute approximate surface area is 171 Å². The maximum Gasteiger partial charge on any atom is 0.523 e. The van der Waals surface area contributed by atoms with Crippen molar-refractivity contribution in [3.05, 3.63) is 53.3 Å². The largest absolute Gasteiger partial charge is 0.523 e. The maximum atomic E-state index is 15.4. The highest BCUT2D eigenvalue weighted by molar-refractivity contribution is 5.78. The number of hydrogen-bond acceptors (Lipinski definition) is 2. The van der Waals surface area contributed by atoms with Crippen molar-refractivity contribution in [1.29, 1.82) is 0 Å². The Bertz CT molecular complexity index is 823. The van der Waals surface area contributed by atoms with Crippen LogP contribution in [0.2, 0.25) is 0 Å². The first kappa shape index (κ1) is 22.7. The third-order valence-corrected chi connectivity index (χ3v) is 6.14. The van der Waals surface area contributed by atoms with Gasteiger partial charge in [-0.25, -0.2) is 13.2 Å². The predicted octanol–water partition coefficient (Wildman–Crippen LogP) is 7.02. The van der Waals surface area contributed by atoms with Gasteiger partial charge in [-0.3, -0.25) is 4.74 Å². The van der Waals surface area contributed by atoms with E-state index < -0.39 is 52.6 Å². The Hall–Kier alpha value is -1.96. The zero-order valence-corrected chi connectivity index (χ0v) is 16.5. The summed E-state index contributed by atoms with van der Waals surface area (Å²) in [4.78, 5) is 0. The number of alkyl halides is 4. The molecule has 1 aromatic carbocycles. The van der Waals surface area contributed by atoms with Crippen molar-refractivity contribution < 1.29 is 36.2 Å². The summed E-state index contributed by atoms with van der Waals surface area (Å²) in [7, 11) is 0. The van der Waals surface area contributed by atoms with Gasteiger partial charge in [-0.2, -0.15) is 0 Å². The van der Waals surface area contributed by atoms with Gasteiger partial charge in [0, 0.05) is 11.1 Å². The molecule has 2 aliphatic carbocycles. The van der Waals surface area contributed by atoms with E-state index in [-0.39, 0.29) is 0 Å². The average molecular weight is 434 g/mol. The summed E-state index contributed by atoms with van der Waals surface area (Å²) in [6.07, 6.45) is -2.02. The van der Waals surface area contributed by atoms with Crippen molar-refractivity contribution in [1.82, 2.24) is 0 Å². The molecule has 0 spiro atoms. The molecule has 2 unspecified atom stereocenters. The van der Waals surface area contributed by atoms with Crippen LogP contribution in [-0.4, -0.2) is 23.2 Å². The molecule has 8 heteroatoms. The van der Waals surface area contributed by atoms with Crippen LogP contribution in [0.4, 0.5) is 26.3 Å². The van der Waals surface area contributed by atoms with Crippen LogP contribution in [0.25, 0.3) is 5.57 Å². The summed E-state index contributed by atoms with van der Waals surface area (Å²) in [5.74, 6) is -4.09. The highest BCUT2D eigenvalue weighted by Crippen LogP contribution is 2.49. The van der Waals surface area contributed by atoms with Crippen LogP contribution in [0.1, 0.15) is 51.0 Å². The van der Waals surface area contributed by atoms with Gasteiger partial charge < -0.3 is 5.11 Å². The molecular weight excluding hydrogens is 410 g/mol. The number of halogens is 6. The van der Waals surface area contributed by atoms with Crippen LogP contribution in [0.3, 0.4) is 0 Å². The molecule has 1 saturated carbocycles. The number of ether oxygens (including phenoxy) is 1. The number of hydrogen-bond donors (Lipinski definition) is 1. The molecule has 0 aromatic heterocycles. The molecule has 0 aliphatic heterocycles. The fourth-order valence-corrected chi connectivity index (χ4v) is 4.70. The molecule has 0 saturated heterocycles. The minimum absolute atomic E-state index is 0.308. The van der Waals surface area contributed by atoms with Crippen molar-refractivity contribution in [2.75, 3.05) is 0 Å². The van der Waals surface area contributed by atoms with Gasteiger partial charge in [0.05, 0.1) is 0 Å². The molecule has 2 aliphatic rings. The molecule has 1 N–H and O–H groups in total. The molecule has 30 heavy (non-hydrogen) atoms. The van der Waals surface area contributed by atoms with Crippen LogP contribution in [0, 0.1) is 23.5 Å². The quantitative estimate of drug-likeness (QED) is 0.505. The van der Waals surface area contributed by atoms with Gasteiger partial charge in [-0.15, -0.1) is 13.2 Å². The summed E-state index contributed by atoms with van der Waals surface area (Å²) in [6, 6.07) is 3.13. The first-order chi connectivity index (χ1) is 14.1. The fraction of sp³-hybridized carbons (Fsp3) is 0.545. The van der Waals surface area contributed by atoms with E-state index in [1.165, 1.54) is 0 Å². The molecule has 0 bridgehead atoms. The Morgan fingerprint density at radius 1 is 1.13 bits per heavy atom. The standard InChI is InChI=1S/C22H24F6O2/c1-2-4-13-7-9-14(10-8-13)21(30-22(26,27)28)12-11-16(19(29)20(21)25)15-5-3-6-17(23)18(15)24/h3,5-6,11-14,20,29H,2,4,7-10H2,1H3. The van der Waals surface area contributed by atoms with Crippen LogP contribution >= 0.6 is 0 Å². The van der Waals surface area contributed by atoms with Gasteiger partial charge in [-0.1, -0.05) is 50.8 Å². The highest BCUT2D eigenvalue weighted by Gasteiger charge is 2.56. The van der Waals surface area contributed by atoms with E-state index >= 15 is 4.39 Å². The van der Waals surface area contributed by atoms with Crippen molar-refractivity contribution >= 4 is 5.57 Å². The lowest BCUT2D eigenvalue weighted by molar-refractivity contribution is -0.374. The maximum absolute atomic E-state index is 15.4. The molecule has 0 radical (unpaired) electrons. The Morgan fingerprint density at radius 2 is 1.80 bits per heavy atom. The van der Waals surface area contributed by atoms with E-state index in [9.17, 15) is 27.1 Å². The topological polar surface area (TPSA) is 29.5 Å². The number of allylic oxidation sites excluding steroid dienone is 2. The Kier molecular flexibility index (Phi) is 6.55. The minimum Gasteiger partial charge on any atom is -0.508 e. The van der Waals surface area contributed by atoms with Gasteiger partial charge >= 0.3 is 6.36 Å². The highest BCUT2D eigenvalue weighted by atomic mass is 19.4. The Morgan fingerprint density at radius 3 is 2.40 bits per heavy atom. The van der Waals surface area contributed by atoms with Crippen molar-refractivity contribution in [2.45, 2.75) is 63.6 Å². The smallest absolute Gasteiger partial charge is 0.508 e. The number of aliphatic hydroxyl groups is 1. The van der Waals surface area contributed by atoms with Crippen LogP contribution in [0.5, 0.6) is 0 Å². The summed E-state index contributed by atoms with van der Waals surface area (Å²) in [5.41, 5.74) is -3.29. The van der Waals surface area contributed by atoms with Gasteiger partial charge in [0.25, 0.3) is 0 Å². The van der Waals surface area contributed by atoms with Crippen LogP contribution < -0.4 is 0 Å². The van der Waals surface area contributed by atoms with E-state index in [4.69, 9.17) is 0 Å². The van der Waals surface area contributed by atoms with Crippen molar-refractivity contribution in [3.8, 4) is 0 Å². The van der Waals surface area contributed by atoms with Gasteiger partial charge in [0.1, 0.15) is 11.4 Å². The van der Waals surface area contributed by atoms with Gasteiger partial charge in [0.15, 0.2) is 17.8 Å². The summed E-state index contributed by atoms with van der Waals surface area (Å²) < 4.78 is 87.1. The lowest BCUT2D eigenvalue weighted by Crippen LogP contribution is -2.53. The molecule has 0 heterocycles. The normalized spacial score (nSPS) is 30.0. The zero-order valence-electron chi connectivity index (χ0n) is 16.5. The fourth-order valence-electron chi connectivity index (χ4n) is 4.70. The first-order valence-electron chi connectivity index (χ1n) is 10.1.